The van der Waals surface area contributed by atoms with Gasteiger partial charge in [0.2, 0.25) is 0 Å². The Morgan fingerprint density at radius 3 is 2.54 bits per heavy atom. The van der Waals surface area contributed by atoms with Crippen LogP contribution in [0.3, 0.4) is 0 Å². The van der Waals surface area contributed by atoms with Gasteiger partial charge in [0, 0.05) is 37.7 Å². The third kappa shape index (κ3) is 2.95. The van der Waals surface area contributed by atoms with Crippen molar-refractivity contribution in [2.75, 3.05) is 0 Å². The number of carbonyl (C=O) groups is 1. The van der Waals surface area contributed by atoms with Gasteiger partial charge in [-0.2, -0.15) is 5.11 Å². The van der Waals surface area contributed by atoms with Crippen LogP contribution in [0.1, 0.15) is 10.4 Å². The predicted molar refractivity (Wildman–Crippen MR) is 39.9 cm³/mol. The Bertz CT molecular complexity index is 341. The van der Waals surface area contributed by atoms with Crippen LogP contribution >= 0.6 is 0 Å². The molecule has 0 aliphatic heterocycles. The normalized spacial score (nSPS) is 8.62. The zero-order valence-electron chi connectivity index (χ0n) is 6.34. The molecule has 0 saturated heterocycles. The summed E-state index contributed by atoms with van der Waals surface area (Å²) in [5, 5.41) is 20.6. The minimum Gasteiger partial charge on any atom is -0.507 e. The third-order valence-electron chi connectivity index (χ3n) is 1.34. The molecule has 13 heavy (non-hydrogen) atoms. The Balaban J connectivity index is 0.00000144. The molecule has 1 aromatic rings. The van der Waals surface area contributed by atoms with Gasteiger partial charge in [-0.25, -0.2) is 10.3 Å². The van der Waals surface area contributed by atoms with Crippen molar-refractivity contribution in [3.8, 4) is 5.75 Å². The Kier molecular flexibility index (Phi) is 4.90. The van der Waals surface area contributed by atoms with Crippen molar-refractivity contribution < 1.29 is 52.7 Å². The number of aromatic carboxylic acids is 1. The summed E-state index contributed by atoms with van der Waals surface area (Å²) in [5.41, 5.74) is 6.55. The number of hydrogen-bond donors (Lipinski definition) is 3. The van der Waals surface area contributed by atoms with Gasteiger partial charge in [0.15, 0.2) is 0 Å². The molecule has 3 N–H and O–H groups in total. The van der Waals surface area contributed by atoms with Gasteiger partial charge in [-0.1, -0.05) is 0 Å². The molecule has 6 heteroatoms. The molecule has 0 saturated carbocycles. The molecular weight excluding hydrogens is 200 g/mol. The number of aromatic hydroxyl groups is 1. The summed E-state index contributed by atoms with van der Waals surface area (Å²) >= 11 is 0. The molecule has 0 bridgehead atoms. The number of carboxylic acid groups (broad SMARTS) is 1. The van der Waals surface area contributed by atoms with Gasteiger partial charge >= 0.3 is 5.97 Å². The third-order valence-corrected chi connectivity index (χ3v) is 1.34. The molecule has 5 nitrogen and oxygen atoms in total. The van der Waals surface area contributed by atoms with E-state index in [4.69, 9.17) is 15.7 Å². The fraction of sp³-hybridized carbons (Fsp3) is 0. The van der Waals surface area contributed by atoms with Crippen LogP contribution in [0.25, 0.3) is 0 Å². The molecule has 1 rings (SSSR count). The van der Waals surface area contributed by atoms with Crippen molar-refractivity contribution in [3.63, 3.8) is 0 Å². The standard InChI is InChI=1S/C7H6N2O3.Ar/c8-9-4-1-2-6(10)5(3-4)7(11)12;/h1-3,8,10H,(H,11,12);. The number of carboxylic acids is 1. The molecule has 0 heterocycles. The van der Waals surface area contributed by atoms with Gasteiger partial charge < -0.3 is 10.2 Å². The van der Waals surface area contributed by atoms with Crippen LogP contribution in [-0.2, 0) is 0 Å². The maximum Gasteiger partial charge on any atom is 0.339 e. The van der Waals surface area contributed by atoms with Crippen LogP contribution in [0.2, 0.25) is 0 Å². The number of hydrogen-bond acceptors (Lipinski definition) is 4. The second-order valence-corrected chi connectivity index (χ2v) is 2.12. The molecule has 1 aromatic carbocycles. The van der Waals surface area contributed by atoms with E-state index in [2.05, 4.69) is 5.11 Å². The van der Waals surface area contributed by atoms with Crippen molar-refractivity contribution in [2.24, 2.45) is 5.11 Å². The topological polar surface area (TPSA) is 93.7 Å². The van der Waals surface area contributed by atoms with Gasteiger partial charge in [-0.15, -0.1) is 0 Å². The minimum atomic E-state index is -1.24. The molecule has 0 atom stereocenters. The summed E-state index contributed by atoms with van der Waals surface area (Å²) in [4.78, 5) is 10.4. The van der Waals surface area contributed by atoms with E-state index >= 15 is 0 Å². The van der Waals surface area contributed by atoms with Crippen molar-refractivity contribution in [1.82, 2.24) is 0 Å². The fourth-order valence-corrected chi connectivity index (χ4v) is 0.765. The van der Waals surface area contributed by atoms with Gasteiger partial charge in [0.25, 0.3) is 0 Å². The summed E-state index contributed by atoms with van der Waals surface area (Å²) in [5.74, 6) is -1.56. The Morgan fingerprint density at radius 1 is 1.46 bits per heavy atom. The first-order chi connectivity index (χ1) is 5.65. The Hall–Kier alpha value is -0.650. The molecule has 0 unspecified atom stereocenters. The molecule has 0 aliphatic rings. The Labute approximate surface area is 104 Å². The molecule has 0 fully saturated rings. The maximum atomic E-state index is 10.4. The zero-order chi connectivity index (χ0) is 9.14. The Morgan fingerprint density at radius 2 is 2.08 bits per heavy atom. The summed E-state index contributed by atoms with van der Waals surface area (Å²) in [6.07, 6.45) is 0. The van der Waals surface area contributed by atoms with Gasteiger partial charge in [-0.05, 0) is 18.2 Å². The average Bonchev–Trinajstić information content (AvgIpc) is 2.05. The molecule has 0 amide bonds. The van der Waals surface area contributed by atoms with E-state index in [1.54, 1.807) is 0 Å². The summed E-state index contributed by atoms with van der Waals surface area (Å²) in [6, 6.07) is 3.68. The predicted octanol–water partition coefficient (Wildman–Crippen LogP) is 1.75. The van der Waals surface area contributed by atoms with E-state index in [0.29, 0.717) is 0 Å². The van der Waals surface area contributed by atoms with E-state index in [1.807, 2.05) is 0 Å². The van der Waals surface area contributed by atoms with Crippen LogP contribution in [0, 0.1) is 43.3 Å². The number of nitrogens with one attached hydrogen (secondary N) is 1. The average molecular weight is 206 g/mol. The van der Waals surface area contributed by atoms with Crippen LogP contribution in [0.15, 0.2) is 23.3 Å². The molecular formula is C7H6ArN2O3. The second-order valence-electron chi connectivity index (χ2n) is 2.12. The monoisotopic (exact) mass is 206 g/mol. The van der Waals surface area contributed by atoms with Crippen molar-refractivity contribution in [1.29, 1.82) is 5.53 Å². The fourth-order valence-electron chi connectivity index (χ4n) is 0.765. The van der Waals surface area contributed by atoms with Gasteiger partial charge in [0.05, 0.1) is 5.69 Å². The first-order valence-corrected chi connectivity index (χ1v) is 3.09. The number of benzene rings is 1. The van der Waals surface area contributed by atoms with Crippen LogP contribution < -0.4 is 0 Å². The van der Waals surface area contributed by atoms with Crippen molar-refractivity contribution in [2.45, 2.75) is 0 Å². The van der Waals surface area contributed by atoms with E-state index in [1.165, 1.54) is 12.1 Å². The molecule has 0 radical (unpaired) electrons. The van der Waals surface area contributed by atoms with Crippen molar-refractivity contribution >= 4 is 11.7 Å². The van der Waals surface area contributed by atoms with Crippen molar-refractivity contribution in [3.05, 3.63) is 23.8 Å². The SMILES string of the molecule is N=Nc1ccc(O)c(C(=O)O)c1.[Ar]. The smallest absolute Gasteiger partial charge is 0.339 e. The number of rotatable bonds is 2. The maximum absolute atomic E-state index is 10.4. The van der Waals surface area contributed by atoms with Crippen LogP contribution in [-0.4, -0.2) is 16.2 Å². The van der Waals surface area contributed by atoms with E-state index in [0.717, 1.165) is 6.07 Å². The van der Waals surface area contributed by atoms with Crippen LogP contribution in [0.5, 0.6) is 5.75 Å². The number of phenols is 1. The minimum absolute atomic E-state index is 0. The van der Waals surface area contributed by atoms with E-state index in [-0.39, 0.29) is 54.7 Å². The second kappa shape index (κ2) is 5.16. The van der Waals surface area contributed by atoms with Crippen LogP contribution in [0.4, 0.5) is 5.69 Å². The largest absolute Gasteiger partial charge is 0.507 e. The summed E-state index contributed by atoms with van der Waals surface area (Å²) < 4.78 is 0. The van der Waals surface area contributed by atoms with Gasteiger partial charge in [0.1, 0.15) is 11.3 Å². The summed E-state index contributed by atoms with van der Waals surface area (Å²) in [7, 11) is 0. The molecule has 70 valence electrons. The first-order valence-electron chi connectivity index (χ1n) is 3.09. The zero-order valence-corrected chi connectivity index (χ0v) is 7.04. The quantitative estimate of drug-likeness (QED) is 0.643. The molecule has 0 aromatic heterocycles. The number of nitrogens with zero attached hydrogens (tertiary/aromatic N) is 1. The molecule has 0 aliphatic carbocycles. The molecule has 0 spiro atoms. The van der Waals surface area contributed by atoms with Gasteiger partial charge in [-0.3, -0.25) is 0 Å². The summed E-state index contributed by atoms with van der Waals surface area (Å²) in [6.45, 7) is 0. The first kappa shape index (κ1) is 12.3. The van der Waals surface area contributed by atoms with E-state index < -0.39 is 5.97 Å². The van der Waals surface area contributed by atoms with E-state index in [9.17, 15) is 4.79 Å².